The highest BCUT2D eigenvalue weighted by molar-refractivity contribution is 7.09. The Bertz CT molecular complexity index is 1440. The van der Waals surface area contributed by atoms with Gasteiger partial charge in [-0.2, -0.15) is 0 Å². The zero-order chi connectivity index (χ0) is 29.9. The van der Waals surface area contributed by atoms with E-state index < -0.39 is 24.4 Å². The molecule has 2 amide bonds. The molecule has 3 N–H and O–H groups in total. The topological polar surface area (TPSA) is 104 Å². The number of aryl methyl sites for hydroxylation is 1. The van der Waals surface area contributed by atoms with Crippen molar-refractivity contribution in [2.45, 2.75) is 82.3 Å². The number of aromatic nitrogens is 1. The molecule has 1 aromatic heterocycles. The van der Waals surface area contributed by atoms with E-state index in [1.165, 1.54) is 11.3 Å². The van der Waals surface area contributed by atoms with Crippen LogP contribution in [-0.2, 0) is 12.8 Å². The van der Waals surface area contributed by atoms with Crippen molar-refractivity contribution in [1.82, 2.24) is 20.5 Å². The van der Waals surface area contributed by atoms with Crippen molar-refractivity contribution in [2.24, 2.45) is 0 Å². The van der Waals surface area contributed by atoms with Crippen LogP contribution in [0.3, 0.4) is 0 Å². The lowest BCUT2D eigenvalue weighted by Crippen LogP contribution is -2.52. The molecular formula is C33H39FN4O4S. The van der Waals surface area contributed by atoms with Crippen molar-refractivity contribution >= 4 is 23.2 Å². The molecule has 0 spiro atoms. The van der Waals surface area contributed by atoms with Gasteiger partial charge in [-0.15, -0.1) is 11.3 Å². The van der Waals surface area contributed by atoms with Gasteiger partial charge in [0.2, 0.25) is 0 Å². The van der Waals surface area contributed by atoms with Gasteiger partial charge in [-0.05, 0) is 69.7 Å². The van der Waals surface area contributed by atoms with E-state index in [1.54, 1.807) is 17.0 Å². The van der Waals surface area contributed by atoms with E-state index in [0.29, 0.717) is 30.8 Å². The highest BCUT2D eigenvalue weighted by Gasteiger charge is 2.40. The number of nitrogens with one attached hydrogen (secondary N) is 2. The maximum Gasteiger partial charge on any atom is 0.254 e. The molecule has 43 heavy (non-hydrogen) atoms. The second-order valence-electron chi connectivity index (χ2n) is 11.9. The summed E-state index contributed by atoms with van der Waals surface area (Å²) in [7, 11) is 0. The largest absolute Gasteiger partial charge is 0.493 e. The lowest BCUT2D eigenvalue weighted by molar-refractivity contribution is 0.0725. The lowest BCUT2D eigenvalue weighted by atomic mass is 9.94. The van der Waals surface area contributed by atoms with E-state index in [-0.39, 0.29) is 36.4 Å². The summed E-state index contributed by atoms with van der Waals surface area (Å²) in [6.07, 6.45) is 2.83. The van der Waals surface area contributed by atoms with E-state index >= 15 is 0 Å². The molecule has 2 saturated heterocycles. The van der Waals surface area contributed by atoms with Gasteiger partial charge in [-0.3, -0.25) is 9.59 Å². The van der Waals surface area contributed by atoms with Gasteiger partial charge in [0, 0.05) is 40.2 Å². The molecule has 228 valence electrons. The monoisotopic (exact) mass is 606 g/mol. The summed E-state index contributed by atoms with van der Waals surface area (Å²) in [5.41, 5.74) is 3.26. The average molecular weight is 607 g/mol. The molecule has 2 fully saturated rings. The number of amides is 2. The van der Waals surface area contributed by atoms with E-state index in [1.807, 2.05) is 42.6 Å². The van der Waals surface area contributed by atoms with Gasteiger partial charge in [0.15, 0.2) is 0 Å². The highest BCUT2D eigenvalue weighted by atomic mass is 32.1. The van der Waals surface area contributed by atoms with Crippen LogP contribution in [0.2, 0.25) is 0 Å². The normalized spacial score (nSPS) is 23.2. The molecule has 10 heteroatoms. The first-order chi connectivity index (χ1) is 20.9. The number of rotatable bonds is 8. The summed E-state index contributed by atoms with van der Waals surface area (Å²) in [5, 5.41) is 20.4. The fourth-order valence-electron chi connectivity index (χ4n) is 6.52. The van der Waals surface area contributed by atoms with E-state index in [0.717, 1.165) is 54.1 Å². The minimum Gasteiger partial charge on any atom is -0.493 e. The Morgan fingerprint density at radius 2 is 2.07 bits per heavy atom. The lowest BCUT2D eigenvalue weighted by Gasteiger charge is -2.29. The predicted octanol–water partition coefficient (Wildman–Crippen LogP) is 4.55. The van der Waals surface area contributed by atoms with Gasteiger partial charge >= 0.3 is 0 Å². The van der Waals surface area contributed by atoms with Crippen LogP contribution in [0.4, 0.5) is 4.39 Å². The Balaban J connectivity index is 1.31. The van der Waals surface area contributed by atoms with Crippen molar-refractivity contribution in [2.75, 3.05) is 19.7 Å². The van der Waals surface area contributed by atoms with Crippen LogP contribution in [0, 0.1) is 6.92 Å². The molecule has 8 nitrogen and oxygen atoms in total. The molecule has 4 heterocycles. The molecule has 3 aliphatic heterocycles. The van der Waals surface area contributed by atoms with Crippen LogP contribution in [0.15, 0.2) is 47.8 Å². The van der Waals surface area contributed by atoms with Crippen LogP contribution >= 0.6 is 11.3 Å². The van der Waals surface area contributed by atoms with Crippen molar-refractivity contribution in [1.29, 1.82) is 0 Å². The maximum atomic E-state index is 14.8. The first-order valence-electron chi connectivity index (χ1n) is 15.3. The summed E-state index contributed by atoms with van der Waals surface area (Å²) >= 11 is 1.44. The number of aliphatic hydroxyl groups excluding tert-OH is 1. The minimum absolute atomic E-state index is 0.0199. The van der Waals surface area contributed by atoms with Crippen molar-refractivity contribution in [3.05, 3.63) is 80.8 Å². The average Bonchev–Trinajstić information content (AvgIpc) is 3.75. The molecular weight excluding hydrogens is 567 g/mol. The van der Waals surface area contributed by atoms with Crippen LogP contribution in [0.5, 0.6) is 5.75 Å². The second kappa shape index (κ2) is 13.1. The molecule has 3 aromatic rings. The maximum absolute atomic E-state index is 14.8. The minimum atomic E-state index is -1.15. The number of ether oxygens (including phenoxy) is 1. The Labute approximate surface area is 255 Å². The smallest absolute Gasteiger partial charge is 0.254 e. The summed E-state index contributed by atoms with van der Waals surface area (Å²) in [6, 6.07) is 12.0. The molecule has 0 bridgehead atoms. The number of nitrogens with zero attached hydrogens (tertiary/aromatic N) is 2. The number of thiazole rings is 1. The van der Waals surface area contributed by atoms with Gasteiger partial charge < -0.3 is 25.4 Å². The van der Waals surface area contributed by atoms with Gasteiger partial charge in [0.05, 0.1) is 31.3 Å². The van der Waals surface area contributed by atoms with Crippen molar-refractivity contribution in [3.8, 4) is 5.75 Å². The first-order valence-corrected chi connectivity index (χ1v) is 16.2. The van der Waals surface area contributed by atoms with E-state index in [4.69, 9.17) is 4.74 Å². The third-order valence-corrected chi connectivity index (χ3v) is 9.81. The van der Waals surface area contributed by atoms with Crippen LogP contribution in [0.25, 0.3) is 0 Å². The number of likely N-dealkylation sites (tertiary alicyclic amines) is 1. The van der Waals surface area contributed by atoms with Crippen molar-refractivity contribution in [3.63, 3.8) is 0 Å². The Morgan fingerprint density at radius 3 is 2.81 bits per heavy atom. The number of benzene rings is 2. The molecule has 0 saturated carbocycles. The predicted molar refractivity (Wildman–Crippen MR) is 163 cm³/mol. The van der Waals surface area contributed by atoms with Gasteiger partial charge in [0.25, 0.3) is 11.8 Å². The molecule has 3 aliphatic rings. The van der Waals surface area contributed by atoms with Crippen LogP contribution < -0.4 is 15.4 Å². The van der Waals surface area contributed by atoms with Gasteiger partial charge in [0.1, 0.15) is 16.9 Å². The van der Waals surface area contributed by atoms with Crippen LogP contribution in [0.1, 0.15) is 80.7 Å². The molecule has 0 aliphatic carbocycles. The third-order valence-electron chi connectivity index (χ3n) is 8.75. The number of halogens is 1. The van der Waals surface area contributed by atoms with E-state index in [2.05, 4.69) is 15.6 Å². The summed E-state index contributed by atoms with van der Waals surface area (Å²) in [6.45, 7) is 3.19. The number of fused-ring (bicyclic) bond motifs is 1. The summed E-state index contributed by atoms with van der Waals surface area (Å²) in [4.78, 5) is 34.2. The number of alkyl halides is 1. The molecule has 2 aromatic carbocycles. The number of aliphatic hydroxyl groups is 1. The van der Waals surface area contributed by atoms with Gasteiger partial charge in [-0.1, -0.05) is 30.3 Å². The van der Waals surface area contributed by atoms with E-state index in [9.17, 15) is 19.1 Å². The number of carbonyl (C=O) groups excluding carboxylic acids is 2. The Morgan fingerprint density at radius 1 is 1.23 bits per heavy atom. The number of hydrogen-bond donors (Lipinski definition) is 3. The van der Waals surface area contributed by atoms with Crippen LogP contribution in [-0.4, -0.2) is 70.9 Å². The number of carbonyl (C=O) groups is 2. The Hall–Kier alpha value is -3.34. The fraction of sp³-hybridized carbons (Fsp3) is 0.485. The van der Waals surface area contributed by atoms with Crippen molar-refractivity contribution < 1.29 is 23.8 Å². The number of hydrogen-bond acceptors (Lipinski definition) is 7. The third kappa shape index (κ3) is 6.61. The molecule has 5 atom stereocenters. The standard InChI is InChI=1S/C33H39FN4O4S/c1-20-19-43-32(36-20)28-17-23(34)18-38(28)33(41)25-15-22(16-29-24(25)10-5-6-13-42-29)31(40)37-27(14-21-8-3-2-4-9-21)30(39)26-11-7-12-35-26/h2-4,8-9,15-16,19,23,26-28,30,35,39H,5-7,10-14,17-18H2,1H3,(H,37,40)/t23-,26+,27-,28+,30+/m0/s1. The van der Waals surface area contributed by atoms with Gasteiger partial charge in [-0.25, -0.2) is 9.37 Å². The Kier molecular flexibility index (Phi) is 9.06. The quantitative estimate of drug-likeness (QED) is 0.348. The fourth-order valence-corrected chi connectivity index (χ4v) is 7.44. The highest BCUT2D eigenvalue weighted by Crippen LogP contribution is 2.38. The molecule has 0 unspecified atom stereocenters. The first kappa shape index (κ1) is 29.7. The molecule has 6 rings (SSSR count). The second-order valence-corrected chi connectivity index (χ2v) is 12.8. The summed E-state index contributed by atoms with van der Waals surface area (Å²) in [5.74, 6) is -0.186. The zero-order valence-electron chi connectivity index (χ0n) is 24.4. The SMILES string of the molecule is Cc1csc([C@H]2C[C@H](F)CN2C(=O)c2cc(C(=O)N[C@@H](Cc3ccccc3)[C@H](O)[C@H]3CCCN3)cc3c2CCCCO3)n1. The molecule has 0 radical (unpaired) electrons. The summed E-state index contributed by atoms with van der Waals surface area (Å²) < 4.78 is 20.9. The zero-order valence-corrected chi connectivity index (χ0v) is 25.2.